The van der Waals surface area contributed by atoms with E-state index < -0.39 is 0 Å². The lowest BCUT2D eigenvalue weighted by atomic mass is 10.2. The van der Waals surface area contributed by atoms with Gasteiger partial charge in [0.25, 0.3) is 0 Å². The Bertz CT molecular complexity index is 639. The first-order valence-corrected chi connectivity index (χ1v) is 7.22. The van der Waals surface area contributed by atoms with Crippen molar-refractivity contribution >= 4 is 40.8 Å². The first-order chi connectivity index (χ1) is 9.63. The van der Waals surface area contributed by atoms with Gasteiger partial charge in [-0.25, -0.2) is 0 Å². The Hall–Kier alpha value is -1.85. The lowest BCUT2D eigenvalue weighted by molar-refractivity contribution is -0.113. The van der Waals surface area contributed by atoms with Gasteiger partial charge < -0.3 is 10.1 Å². The van der Waals surface area contributed by atoms with E-state index in [1.807, 2.05) is 13.0 Å². The topological polar surface area (TPSA) is 55.4 Å². The fourth-order valence-corrected chi connectivity index (χ4v) is 2.30. The third-order valence-electron chi connectivity index (χ3n) is 2.51. The maximum atomic E-state index is 11.4. The molecular weight excluding hydrogens is 298 g/mol. The zero-order valence-electron chi connectivity index (χ0n) is 10.7. The van der Waals surface area contributed by atoms with Crippen LogP contribution in [0.25, 0.3) is 0 Å². The van der Waals surface area contributed by atoms with Crippen LogP contribution in [0.15, 0.2) is 29.6 Å². The molecule has 1 aromatic carbocycles. The molecule has 0 unspecified atom stereocenters. The number of hydrogen-bond donors (Lipinski definition) is 1. The van der Waals surface area contributed by atoms with Crippen molar-refractivity contribution in [2.45, 2.75) is 6.92 Å². The van der Waals surface area contributed by atoms with Gasteiger partial charge in [0.2, 0.25) is 5.91 Å². The van der Waals surface area contributed by atoms with Gasteiger partial charge in [0, 0.05) is 0 Å². The summed E-state index contributed by atoms with van der Waals surface area (Å²) in [5.74, 6) is 0.486. The van der Waals surface area contributed by atoms with Gasteiger partial charge in [0.1, 0.15) is 16.5 Å². The Morgan fingerprint density at radius 2 is 2.20 bits per heavy atom. The molecule has 6 heteroatoms. The third kappa shape index (κ3) is 3.37. The molecule has 1 aromatic heterocycles. The number of anilines is 1. The number of rotatable bonds is 5. The number of aldehydes is 1. The number of halogens is 1. The molecule has 0 saturated heterocycles. The molecule has 20 heavy (non-hydrogen) atoms. The fraction of sp³-hybridized carbons (Fsp3) is 0.143. The highest BCUT2D eigenvalue weighted by molar-refractivity contribution is 7.12. The molecule has 104 valence electrons. The maximum absolute atomic E-state index is 11.4. The van der Waals surface area contributed by atoms with Crippen molar-refractivity contribution in [2.24, 2.45) is 0 Å². The minimum absolute atomic E-state index is 0.134. The van der Waals surface area contributed by atoms with Crippen molar-refractivity contribution in [1.29, 1.82) is 0 Å². The molecule has 1 heterocycles. The number of thiophene rings is 1. The molecule has 1 N–H and O–H groups in total. The molecule has 4 nitrogen and oxygen atoms in total. The Balaban J connectivity index is 2.31. The van der Waals surface area contributed by atoms with E-state index in [2.05, 4.69) is 5.32 Å². The van der Waals surface area contributed by atoms with E-state index in [1.54, 1.807) is 23.6 Å². The predicted octanol–water partition coefficient (Wildman–Crippen LogP) is 3.84. The number of nitrogens with one attached hydrogen (secondary N) is 1. The zero-order valence-corrected chi connectivity index (χ0v) is 12.3. The molecule has 0 saturated carbocycles. The molecule has 0 aliphatic heterocycles. The number of amides is 1. The highest BCUT2D eigenvalue weighted by Gasteiger charge is 2.11. The lowest BCUT2D eigenvalue weighted by Gasteiger charge is -2.12. The summed E-state index contributed by atoms with van der Waals surface area (Å²) in [6, 6.07) is 7.10. The number of alkyl halides is 1. The van der Waals surface area contributed by atoms with Crippen LogP contribution < -0.4 is 10.1 Å². The molecule has 0 fully saturated rings. The van der Waals surface area contributed by atoms with E-state index in [1.165, 1.54) is 11.3 Å². The summed E-state index contributed by atoms with van der Waals surface area (Å²) in [5.41, 5.74) is 1.50. The summed E-state index contributed by atoms with van der Waals surface area (Å²) in [7, 11) is 0. The van der Waals surface area contributed by atoms with Crippen molar-refractivity contribution in [1.82, 2.24) is 0 Å². The van der Waals surface area contributed by atoms with E-state index in [9.17, 15) is 9.59 Å². The molecule has 0 bridgehead atoms. The van der Waals surface area contributed by atoms with Gasteiger partial charge in [0.05, 0.1) is 5.69 Å². The number of ether oxygens (including phenoxy) is 1. The van der Waals surface area contributed by atoms with E-state index in [0.29, 0.717) is 22.1 Å². The molecule has 0 aliphatic carbocycles. The van der Waals surface area contributed by atoms with Gasteiger partial charge in [0.15, 0.2) is 12.0 Å². The second-order valence-corrected chi connectivity index (χ2v) is 5.27. The van der Waals surface area contributed by atoms with Crippen LogP contribution in [0.3, 0.4) is 0 Å². The van der Waals surface area contributed by atoms with Crippen LogP contribution in [0.5, 0.6) is 11.5 Å². The maximum Gasteiger partial charge on any atom is 0.239 e. The smallest absolute Gasteiger partial charge is 0.239 e. The molecule has 2 rings (SSSR count). The number of benzene rings is 1. The Morgan fingerprint density at radius 1 is 1.40 bits per heavy atom. The largest absolute Gasteiger partial charge is 0.454 e. The molecule has 0 spiro atoms. The minimum Gasteiger partial charge on any atom is -0.454 e. The van der Waals surface area contributed by atoms with E-state index >= 15 is 0 Å². The summed E-state index contributed by atoms with van der Waals surface area (Å²) in [6.45, 7) is 1.90. The van der Waals surface area contributed by atoms with Gasteiger partial charge in [-0.3, -0.25) is 9.59 Å². The van der Waals surface area contributed by atoms with Crippen LogP contribution >= 0.6 is 22.9 Å². The van der Waals surface area contributed by atoms with Crippen LogP contribution in [-0.2, 0) is 4.79 Å². The Labute approximate surface area is 125 Å². The molecular formula is C14H12ClNO3S. The normalized spacial score (nSPS) is 10.1. The quantitative estimate of drug-likeness (QED) is 0.674. The van der Waals surface area contributed by atoms with E-state index in [4.69, 9.17) is 16.3 Å². The lowest BCUT2D eigenvalue weighted by Crippen LogP contribution is -2.13. The molecule has 2 aromatic rings. The van der Waals surface area contributed by atoms with Crippen LogP contribution in [0.4, 0.5) is 5.69 Å². The molecule has 1 amide bonds. The zero-order chi connectivity index (χ0) is 14.5. The van der Waals surface area contributed by atoms with Gasteiger partial charge in [-0.1, -0.05) is 6.07 Å². The SMILES string of the molecule is Cc1ccc(Oc2ccsc2C=O)c(NC(=O)CCl)c1. The number of carbonyl (C=O) groups excluding carboxylic acids is 2. The molecule has 0 aliphatic rings. The molecule has 0 radical (unpaired) electrons. The predicted molar refractivity (Wildman–Crippen MR) is 80.3 cm³/mol. The average Bonchev–Trinajstić information content (AvgIpc) is 2.89. The van der Waals surface area contributed by atoms with Crippen molar-refractivity contribution in [3.05, 3.63) is 40.1 Å². The highest BCUT2D eigenvalue weighted by Crippen LogP contribution is 2.33. The second-order valence-electron chi connectivity index (χ2n) is 4.05. The Kier molecular flexibility index (Phi) is 4.76. The third-order valence-corrected chi connectivity index (χ3v) is 3.58. The monoisotopic (exact) mass is 309 g/mol. The van der Waals surface area contributed by atoms with Crippen LogP contribution in [0.1, 0.15) is 15.2 Å². The van der Waals surface area contributed by atoms with Crippen LogP contribution in [-0.4, -0.2) is 18.1 Å². The summed E-state index contributed by atoms with van der Waals surface area (Å²) in [6.07, 6.45) is 0.741. The standard InChI is InChI=1S/C14H12ClNO3S/c1-9-2-3-11(10(6-9)16-14(18)7-15)19-12-4-5-20-13(12)8-17/h2-6,8H,7H2,1H3,(H,16,18). The number of hydrogen-bond acceptors (Lipinski definition) is 4. The average molecular weight is 310 g/mol. The van der Waals surface area contributed by atoms with E-state index in [-0.39, 0.29) is 11.8 Å². The van der Waals surface area contributed by atoms with Crippen molar-refractivity contribution in [2.75, 3.05) is 11.2 Å². The second kappa shape index (κ2) is 6.54. The number of aryl methyl sites for hydroxylation is 1. The molecule has 0 atom stereocenters. The summed E-state index contributed by atoms with van der Waals surface area (Å²) in [5, 5.41) is 4.44. The van der Waals surface area contributed by atoms with Crippen LogP contribution in [0, 0.1) is 6.92 Å². The van der Waals surface area contributed by atoms with Crippen molar-refractivity contribution in [3.8, 4) is 11.5 Å². The van der Waals surface area contributed by atoms with Crippen molar-refractivity contribution < 1.29 is 14.3 Å². The van der Waals surface area contributed by atoms with Crippen LogP contribution in [0.2, 0.25) is 0 Å². The first-order valence-electron chi connectivity index (χ1n) is 5.81. The van der Waals surface area contributed by atoms with Gasteiger partial charge in [-0.2, -0.15) is 0 Å². The highest BCUT2D eigenvalue weighted by atomic mass is 35.5. The van der Waals surface area contributed by atoms with Gasteiger partial charge >= 0.3 is 0 Å². The van der Waals surface area contributed by atoms with Gasteiger partial charge in [-0.05, 0) is 36.1 Å². The summed E-state index contributed by atoms with van der Waals surface area (Å²) >= 11 is 6.78. The minimum atomic E-state index is -0.317. The van der Waals surface area contributed by atoms with E-state index in [0.717, 1.165) is 11.8 Å². The van der Waals surface area contributed by atoms with Gasteiger partial charge in [-0.15, -0.1) is 22.9 Å². The number of carbonyl (C=O) groups is 2. The summed E-state index contributed by atoms with van der Waals surface area (Å²) in [4.78, 5) is 22.8. The van der Waals surface area contributed by atoms with Crippen molar-refractivity contribution in [3.63, 3.8) is 0 Å². The first kappa shape index (κ1) is 14.6. The summed E-state index contributed by atoms with van der Waals surface area (Å²) < 4.78 is 5.69. The fourth-order valence-electron chi connectivity index (χ4n) is 1.61. The Morgan fingerprint density at radius 3 is 2.90 bits per heavy atom.